The number of ether oxygens (including phenoxy) is 1. The number of allylic oxidation sites excluding steroid dienone is 1. The van der Waals surface area contributed by atoms with Crippen LogP contribution in [-0.4, -0.2) is 33.4 Å². The topological polar surface area (TPSA) is 86.1 Å². The fourth-order valence-corrected chi connectivity index (χ4v) is 2.83. The largest absolute Gasteiger partial charge is 0.481 e. The number of hydrogen-bond acceptors (Lipinski definition) is 7. The molecule has 154 valence electrons. The number of anilines is 1. The van der Waals surface area contributed by atoms with E-state index in [2.05, 4.69) is 32.4 Å². The summed E-state index contributed by atoms with van der Waals surface area (Å²) in [5.74, 6) is 0.141. The van der Waals surface area contributed by atoms with Crippen LogP contribution in [0.5, 0.6) is 5.88 Å². The van der Waals surface area contributed by atoms with E-state index in [0.717, 1.165) is 6.20 Å². The summed E-state index contributed by atoms with van der Waals surface area (Å²) in [7, 11) is 1.48. The molecule has 4 rings (SSSR count). The van der Waals surface area contributed by atoms with E-state index in [1.54, 1.807) is 30.3 Å². The molecule has 8 nitrogen and oxygen atoms in total. The molecule has 3 aromatic rings. The van der Waals surface area contributed by atoms with Gasteiger partial charge in [0.25, 0.3) is 0 Å². The van der Waals surface area contributed by atoms with E-state index in [9.17, 15) is 8.78 Å². The highest BCUT2D eigenvalue weighted by Gasteiger charge is 2.17. The van der Waals surface area contributed by atoms with Crippen LogP contribution in [0.3, 0.4) is 0 Å². The molecule has 0 atom stereocenters. The summed E-state index contributed by atoms with van der Waals surface area (Å²) in [6, 6.07) is 8.00. The molecule has 2 N–H and O–H groups in total. The van der Waals surface area contributed by atoms with Gasteiger partial charge in [0.15, 0.2) is 23.2 Å². The van der Waals surface area contributed by atoms with E-state index in [0.29, 0.717) is 28.6 Å². The highest BCUT2D eigenvalue weighted by Crippen LogP contribution is 2.24. The van der Waals surface area contributed by atoms with Gasteiger partial charge < -0.3 is 14.9 Å². The predicted octanol–water partition coefficient (Wildman–Crippen LogP) is 3.02. The van der Waals surface area contributed by atoms with Crippen molar-refractivity contribution >= 4 is 5.82 Å². The van der Waals surface area contributed by atoms with Gasteiger partial charge in [-0.3, -0.25) is 0 Å². The normalized spacial score (nSPS) is 12.9. The lowest BCUT2D eigenvalue weighted by atomic mass is 10.2. The molecule has 0 unspecified atom stereocenters. The first-order valence-corrected chi connectivity index (χ1v) is 8.98. The van der Waals surface area contributed by atoms with E-state index in [-0.39, 0.29) is 30.5 Å². The first kappa shape index (κ1) is 19.4. The van der Waals surface area contributed by atoms with E-state index >= 15 is 0 Å². The Labute approximate surface area is 170 Å². The van der Waals surface area contributed by atoms with Crippen LogP contribution in [0.15, 0.2) is 60.6 Å². The zero-order valence-corrected chi connectivity index (χ0v) is 16.0. The number of hydroxylamine groups is 1. The molecular weight excluding hydrogens is 394 g/mol. The Bertz CT molecular complexity index is 1130. The smallest absolute Gasteiger partial charge is 0.212 e. The number of benzene rings is 1. The Balaban J connectivity index is 1.57. The monoisotopic (exact) mass is 412 g/mol. The van der Waals surface area contributed by atoms with Gasteiger partial charge in [0.05, 0.1) is 32.1 Å². The highest BCUT2D eigenvalue weighted by molar-refractivity contribution is 5.54. The summed E-state index contributed by atoms with van der Waals surface area (Å²) < 4.78 is 35.0. The molecular formula is C20H18F2N6O2. The van der Waals surface area contributed by atoms with Crippen molar-refractivity contribution in [2.24, 2.45) is 0 Å². The van der Waals surface area contributed by atoms with Gasteiger partial charge in [0, 0.05) is 17.7 Å². The molecule has 10 heteroatoms. The van der Waals surface area contributed by atoms with Crippen LogP contribution in [0.1, 0.15) is 5.56 Å². The van der Waals surface area contributed by atoms with Crippen molar-refractivity contribution in [3.8, 4) is 17.4 Å². The SMILES string of the molecule is C=C1C=C(CNc2nc(-c3cc(OC)n(Cc4ccccc4F)n3)ncc2F)ON1. The summed E-state index contributed by atoms with van der Waals surface area (Å²) in [6.07, 6.45) is 2.73. The lowest BCUT2D eigenvalue weighted by molar-refractivity contribution is 0.154. The Morgan fingerprint density at radius 3 is 2.83 bits per heavy atom. The minimum absolute atomic E-state index is 0.00960. The first-order valence-electron chi connectivity index (χ1n) is 8.98. The predicted molar refractivity (Wildman–Crippen MR) is 105 cm³/mol. The second-order valence-electron chi connectivity index (χ2n) is 6.40. The lowest BCUT2D eigenvalue weighted by Crippen LogP contribution is -2.12. The zero-order chi connectivity index (χ0) is 21.1. The third-order valence-electron chi connectivity index (χ3n) is 4.28. The van der Waals surface area contributed by atoms with Crippen LogP contribution >= 0.6 is 0 Å². The van der Waals surface area contributed by atoms with Crippen LogP contribution in [0.2, 0.25) is 0 Å². The Morgan fingerprint density at radius 2 is 2.10 bits per heavy atom. The van der Waals surface area contributed by atoms with Crippen LogP contribution < -0.4 is 15.5 Å². The van der Waals surface area contributed by atoms with Crippen LogP contribution in [0, 0.1) is 11.6 Å². The van der Waals surface area contributed by atoms with Crippen molar-refractivity contribution in [1.29, 1.82) is 0 Å². The summed E-state index contributed by atoms with van der Waals surface area (Å²) in [5, 5.41) is 7.25. The van der Waals surface area contributed by atoms with E-state index in [4.69, 9.17) is 9.57 Å². The molecule has 0 saturated carbocycles. The fraction of sp³-hybridized carbons (Fsp3) is 0.150. The van der Waals surface area contributed by atoms with Crippen molar-refractivity contribution in [2.75, 3.05) is 19.0 Å². The molecule has 1 aromatic carbocycles. The van der Waals surface area contributed by atoms with Crippen molar-refractivity contribution in [3.05, 3.63) is 77.8 Å². The molecule has 1 aliphatic heterocycles. The standard InChI is InChI=1S/C20H18F2N6O2/c1-12-7-14(30-27-12)9-23-19-16(22)10-24-20(25-19)17-8-18(29-2)28(26-17)11-13-5-3-4-6-15(13)21/h3-8,10,27H,1,9,11H2,2H3,(H,23,24,25). The first-order chi connectivity index (χ1) is 14.5. The molecule has 3 heterocycles. The molecule has 30 heavy (non-hydrogen) atoms. The second kappa shape index (κ2) is 8.19. The van der Waals surface area contributed by atoms with E-state index in [1.165, 1.54) is 17.9 Å². The van der Waals surface area contributed by atoms with Gasteiger partial charge in [-0.25, -0.2) is 28.9 Å². The highest BCUT2D eigenvalue weighted by atomic mass is 19.1. The number of rotatable bonds is 7. The number of hydrogen-bond donors (Lipinski definition) is 2. The average Bonchev–Trinajstić information content (AvgIpc) is 3.35. The molecule has 0 bridgehead atoms. The second-order valence-corrected chi connectivity index (χ2v) is 6.40. The Morgan fingerprint density at radius 1 is 1.27 bits per heavy atom. The van der Waals surface area contributed by atoms with Crippen molar-refractivity contribution in [3.63, 3.8) is 0 Å². The summed E-state index contributed by atoms with van der Waals surface area (Å²) in [5.41, 5.74) is 4.00. The number of halogens is 2. The maximum Gasteiger partial charge on any atom is 0.212 e. The van der Waals surface area contributed by atoms with Gasteiger partial charge in [-0.1, -0.05) is 24.8 Å². The minimum Gasteiger partial charge on any atom is -0.481 e. The number of methoxy groups -OCH3 is 1. The molecule has 0 aliphatic carbocycles. The minimum atomic E-state index is -0.623. The van der Waals surface area contributed by atoms with Crippen molar-refractivity contribution < 1.29 is 18.4 Å². The molecule has 0 spiro atoms. The number of nitrogens with zero attached hydrogens (tertiary/aromatic N) is 4. The van der Waals surface area contributed by atoms with Gasteiger partial charge in [-0.15, -0.1) is 0 Å². The fourth-order valence-electron chi connectivity index (χ4n) is 2.83. The van der Waals surface area contributed by atoms with Crippen molar-refractivity contribution in [1.82, 2.24) is 25.2 Å². The molecule has 0 amide bonds. The summed E-state index contributed by atoms with van der Waals surface area (Å²) in [6.45, 7) is 4.05. The maximum absolute atomic E-state index is 14.1. The molecule has 1 aliphatic rings. The number of aromatic nitrogens is 4. The summed E-state index contributed by atoms with van der Waals surface area (Å²) >= 11 is 0. The zero-order valence-electron chi connectivity index (χ0n) is 16.0. The van der Waals surface area contributed by atoms with Gasteiger partial charge in [0.1, 0.15) is 11.5 Å². The van der Waals surface area contributed by atoms with E-state index < -0.39 is 5.82 Å². The maximum atomic E-state index is 14.1. The Kier molecular flexibility index (Phi) is 5.29. The average molecular weight is 412 g/mol. The Hall–Kier alpha value is -3.95. The van der Waals surface area contributed by atoms with E-state index in [1.807, 2.05) is 0 Å². The lowest BCUT2D eigenvalue weighted by Gasteiger charge is -2.08. The summed E-state index contributed by atoms with van der Waals surface area (Å²) in [4.78, 5) is 13.4. The molecule has 0 saturated heterocycles. The third-order valence-corrected chi connectivity index (χ3v) is 4.28. The van der Waals surface area contributed by atoms with Gasteiger partial charge >= 0.3 is 0 Å². The van der Waals surface area contributed by atoms with Crippen molar-refractivity contribution in [2.45, 2.75) is 6.54 Å². The molecule has 0 radical (unpaired) electrons. The van der Waals surface area contributed by atoms with Gasteiger partial charge in [0.2, 0.25) is 5.88 Å². The third kappa shape index (κ3) is 4.07. The molecule has 2 aromatic heterocycles. The number of nitrogens with one attached hydrogen (secondary N) is 2. The van der Waals surface area contributed by atoms with Crippen LogP contribution in [-0.2, 0) is 11.4 Å². The van der Waals surface area contributed by atoms with Gasteiger partial charge in [-0.2, -0.15) is 5.10 Å². The van der Waals surface area contributed by atoms with Crippen LogP contribution in [0.4, 0.5) is 14.6 Å². The van der Waals surface area contributed by atoms with Crippen LogP contribution in [0.25, 0.3) is 11.5 Å². The van der Waals surface area contributed by atoms with Gasteiger partial charge in [-0.05, 0) is 6.07 Å². The molecule has 0 fully saturated rings. The quantitative estimate of drug-likeness (QED) is 0.617.